The van der Waals surface area contributed by atoms with Gasteiger partial charge in [0.05, 0.1) is 0 Å². The highest BCUT2D eigenvalue weighted by Gasteiger charge is 2.32. The predicted molar refractivity (Wildman–Crippen MR) is 141 cm³/mol. The molecule has 0 aliphatic heterocycles. The standard InChI is InChI=1S/C19H22O2S.C7H7ClOS.2H2O/c1-15-11-13-17(14-12-15)22(20)21-19-10-6-5-9-18(19)16-7-3-2-4-8-16;1-6-2-4-7(5-3-6)10(8)9;;/h2-4,7-8,11-14,18-19H,5-6,9-10H2,1H3;2-5H,1H3;2*1H2. The Morgan fingerprint density at radius 3 is 1.76 bits per heavy atom. The highest BCUT2D eigenvalue weighted by molar-refractivity contribution is 8.13. The molecule has 34 heavy (non-hydrogen) atoms. The van der Waals surface area contributed by atoms with Crippen LogP contribution in [0.1, 0.15) is 48.3 Å². The van der Waals surface area contributed by atoms with Crippen LogP contribution in [0.4, 0.5) is 0 Å². The van der Waals surface area contributed by atoms with Gasteiger partial charge in [0.25, 0.3) is 0 Å². The van der Waals surface area contributed by atoms with Crippen LogP contribution in [-0.4, -0.2) is 26.2 Å². The molecule has 186 valence electrons. The summed E-state index contributed by atoms with van der Waals surface area (Å²) in [5.74, 6) is 0.351. The third-order valence-corrected chi connectivity index (χ3v) is 7.82. The Morgan fingerprint density at radius 2 is 1.24 bits per heavy atom. The number of benzene rings is 3. The van der Waals surface area contributed by atoms with E-state index in [2.05, 4.69) is 24.3 Å². The molecule has 1 aliphatic rings. The molecule has 4 unspecified atom stereocenters. The van der Waals surface area contributed by atoms with Crippen LogP contribution in [0.25, 0.3) is 0 Å². The first-order valence-corrected chi connectivity index (χ1v) is 13.8. The topological polar surface area (TPSA) is 118 Å². The lowest BCUT2D eigenvalue weighted by Crippen LogP contribution is -2.28. The Labute approximate surface area is 213 Å². The molecular weight excluding hydrogens is 492 g/mol. The van der Waals surface area contributed by atoms with Gasteiger partial charge < -0.3 is 20.1 Å². The first-order chi connectivity index (χ1) is 15.4. The molecule has 4 rings (SSSR count). The second kappa shape index (κ2) is 15.4. The van der Waals surface area contributed by atoms with Gasteiger partial charge in [0.15, 0.2) is 31.9 Å². The van der Waals surface area contributed by atoms with Gasteiger partial charge >= 0.3 is 0 Å². The van der Waals surface area contributed by atoms with Gasteiger partial charge in [-0.25, -0.2) is 0 Å². The normalized spacial score (nSPS) is 18.9. The number of halogens is 1. The summed E-state index contributed by atoms with van der Waals surface area (Å²) >= 11 is -1.38. The first kappa shape index (κ1) is 30.5. The fourth-order valence-electron chi connectivity index (χ4n) is 3.76. The van der Waals surface area contributed by atoms with E-state index >= 15 is 0 Å². The summed E-state index contributed by atoms with van der Waals surface area (Å²) in [6, 6.07) is 25.5. The van der Waals surface area contributed by atoms with Crippen molar-refractivity contribution in [1.82, 2.24) is 0 Å². The van der Waals surface area contributed by atoms with Crippen molar-refractivity contribution in [3.63, 3.8) is 0 Å². The van der Waals surface area contributed by atoms with Crippen molar-refractivity contribution in [3.05, 3.63) is 95.6 Å². The molecule has 0 saturated heterocycles. The zero-order valence-corrected chi connectivity index (χ0v) is 21.8. The van der Waals surface area contributed by atoms with Crippen molar-refractivity contribution < 1.29 is 24.2 Å². The van der Waals surface area contributed by atoms with Crippen molar-refractivity contribution in [3.8, 4) is 0 Å². The summed E-state index contributed by atoms with van der Waals surface area (Å²) in [6.07, 6.45) is 4.50. The van der Waals surface area contributed by atoms with E-state index < -0.39 is 21.8 Å². The molecule has 8 heteroatoms. The van der Waals surface area contributed by atoms with Crippen molar-refractivity contribution in [2.24, 2.45) is 0 Å². The molecule has 0 bridgehead atoms. The SMILES string of the molecule is Cc1ccc([S+]([O-])Cl)cc1.Cc1ccc([S+]([O-])OC2CCCCC2c2ccccc2)cc1.O.O. The zero-order chi connectivity index (χ0) is 22.9. The molecule has 0 radical (unpaired) electrons. The molecule has 0 amide bonds. The summed E-state index contributed by atoms with van der Waals surface area (Å²) in [4.78, 5) is 1.41. The monoisotopic (exact) mass is 524 g/mol. The van der Waals surface area contributed by atoms with Crippen molar-refractivity contribution in [2.75, 3.05) is 0 Å². The van der Waals surface area contributed by atoms with Crippen LogP contribution in [0.3, 0.4) is 0 Å². The quantitative estimate of drug-likeness (QED) is 0.417. The number of aryl methyl sites for hydroxylation is 2. The minimum atomic E-state index is -1.38. The van der Waals surface area contributed by atoms with Crippen molar-refractivity contribution in [2.45, 2.75) is 61.3 Å². The van der Waals surface area contributed by atoms with E-state index in [0.29, 0.717) is 10.8 Å². The highest BCUT2D eigenvalue weighted by Crippen LogP contribution is 2.36. The molecule has 0 spiro atoms. The Bertz CT molecular complexity index is 940. The smallest absolute Gasteiger partial charge is 0.188 e. The lowest BCUT2D eigenvalue weighted by molar-refractivity contribution is 0.137. The number of hydrogen-bond acceptors (Lipinski definition) is 3. The Morgan fingerprint density at radius 1 is 0.735 bits per heavy atom. The molecule has 1 saturated carbocycles. The van der Waals surface area contributed by atoms with Crippen LogP contribution in [-0.2, 0) is 26.0 Å². The van der Waals surface area contributed by atoms with E-state index in [1.807, 2.05) is 56.3 Å². The molecule has 0 heterocycles. The molecule has 0 aromatic heterocycles. The van der Waals surface area contributed by atoms with Crippen LogP contribution in [0.5, 0.6) is 0 Å². The predicted octanol–water partition coefficient (Wildman–Crippen LogP) is 5.37. The van der Waals surface area contributed by atoms with Crippen molar-refractivity contribution >= 4 is 32.5 Å². The van der Waals surface area contributed by atoms with Crippen LogP contribution in [0.2, 0.25) is 0 Å². The van der Waals surface area contributed by atoms with Crippen molar-refractivity contribution in [1.29, 1.82) is 0 Å². The van der Waals surface area contributed by atoms with Gasteiger partial charge in [-0.2, -0.15) is 4.18 Å². The molecule has 4 N–H and O–H groups in total. The zero-order valence-electron chi connectivity index (χ0n) is 19.4. The molecule has 3 aromatic rings. The van der Waals surface area contributed by atoms with E-state index in [4.69, 9.17) is 14.9 Å². The summed E-state index contributed by atoms with van der Waals surface area (Å²) in [5.41, 5.74) is 3.61. The van der Waals surface area contributed by atoms with Gasteiger partial charge in [0, 0.05) is 5.92 Å². The van der Waals surface area contributed by atoms with Gasteiger partial charge in [0.1, 0.15) is 16.5 Å². The third-order valence-electron chi connectivity index (χ3n) is 5.56. The average molecular weight is 525 g/mol. The highest BCUT2D eigenvalue weighted by atomic mass is 35.7. The minimum Gasteiger partial charge on any atom is -0.594 e. The molecular formula is C26H33ClO5S2. The largest absolute Gasteiger partial charge is 0.594 e. The summed E-state index contributed by atoms with van der Waals surface area (Å²) in [7, 11) is 3.96. The first-order valence-electron chi connectivity index (χ1n) is 10.8. The fraction of sp³-hybridized carbons (Fsp3) is 0.308. The molecule has 5 nitrogen and oxygen atoms in total. The van der Waals surface area contributed by atoms with Gasteiger partial charge in [-0.15, -0.1) is 0 Å². The average Bonchev–Trinajstić information content (AvgIpc) is 2.81. The fourth-order valence-corrected chi connectivity index (χ4v) is 5.34. The lowest BCUT2D eigenvalue weighted by Gasteiger charge is -2.30. The van der Waals surface area contributed by atoms with Gasteiger partial charge in [0.2, 0.25) is 0 Å². The maximum atomic E-state index is 12.5. The van der Waals surface area contributed by atoms with E-state index in [0.717, 1.165) is 29.7 Å². The second-order valence-corrected chi connectivity index (χ2v) is 10.9. The minimum absolute atomic E-state index is 0. The molecule has 1 fully saturated rings. The maximum absolute atomic E-state index is 12.5. The van der Waals surface area contributed by atoms with E-state index in [9.17, 15) is 9.11 Å². The summed E-state index contributed by atoms with van der Waals surface area (Å²) in [5, 5.41) is 0. The lowest BCUT2D eigenvalue weighted by atomic mass is 9.82. The van der Waals surface area contributed by atoms with Crippen LogP contribution in [0, 0.1) is 13.8 Å². The Balaban J connectivity index is 0.000000411. The van der Waals surface area contributed by atoms with Crippen LogP contribution in [0.15, 0.2) is 88.7 Å². The Hall–Kier alpha value is -1.55. The van der Waals surface area contributed by atoms with Gasteiger partial charge in [-0.05, 0) is 56.5 Å². The molecule has 3 aromatic carbocycles. The maximum Gasteiger partial charge on any atom is 0.188 e. The van der Waals surface area contributed by atoms with Crippen LogP contribution < -0.4 is 0 Å². The Kier molecular flexibility index (Phi) is 13.8. The number of hydrogen-bond donors (Lipinski definition) is 0. The van der Waals surface area contributed by atoms with Gasteiger partial charge in [-0.1, -0.05) is 78.6 Å². The van der Waals surface area contributed by atoms with Gasteiger partial charge in [-0.3, -0.25) is 0 Å². The van der Waals surface area contributed by atoms with E-state index in [1.165, 1.54) is 17.5 Å². The number of rotatable bonds is 5. The molecule has 4 atom stereocenters. The molecule has 1 aliphatic carbocycles. The second-order valence-electron chi connectivity index (χ2n) is 8.02. The van der Waals surface area contributed by atoms with Crippen LogP contribution >= 0.6 is 10.7 Å². The van der Waals surface area contributed by atoms with E-state index in [1.54, 1.807) is 12.1 Å². The summed E-state index contributed by atoms with van der Waals surface area (Å²) < 4.78 is 29.1. The summed E-state index contributed by atoms with van der Waals surface area (Å²) in [6.45, 7) is 4.00. The third kappa shape index (κ3) is 9.24. The van der Waals surface area contributed by atoms with E-state index in [-0.39, 0.29) is 17.1 Å².